The smallest absolute Gasteiger partial charge is 0.148 e. The van der Waals surface area contributed by atoms with Gasteiger partial charge in [-0.15, -0.1) is 0 Å². The molecule has 0 N–H and O–H groups in total. The van der Waals surface area contributed by atoms with Crippen LogP contribution in [0.1, 0.15) is 63.0 Å². The van der Waals surface area contributed by atoms with Crippen LogP contribution in [0.2, 0.25) is 5.02 Å². The van der Waals surface area contributed by atoms with Gasteiger partial charge in [0.15, 0.2) is 0 Å². The summed E-state index contributed by atoms with van der Waals surface area (Å²) in [4.78, 5) is 0. The van der Waals surface area contributed by atoms with Gasteiger partial charge in [0.25, 0.3) is 0 Å². The monoisotopic (exact) mass is 352 g/mol. The molecule has 0 amide bonds. The highest BCUT2D eigenvalue weighted by Crippen LogP contribution is 2.48. The zero-order valence-electron chi connectivity index (χ0n) is 14.5. The molecule has 24 heavy (non-hydrogen) atoms. The van der Waals surface area contributed by atoms with Crippen molar-refractivity contribution in [2.24, 2.45) is 29.6 Å². The van der Waals surface area contributed by atoms with E-state index in [1.165, 1.54) is 44.6 Å². The summed E-state index contributed by atoms with van der Waals surface area (Å²) in [7, 11) is 0. The zero-order chi connectivity index (χ0) is 16.8. The summed E-state index contributed by atoms with van der Waals surface area (Å²) < 4.78 is 28.0. The van der Waals surface area contributed by atoms with Crippen LogP contribution in [0, 0.1) is 41.2 Å². The van der Waals surface area contributed by atoms with Crippen molar-refractivity contribution in [3.63, 3.8) is 0 Å². The minimum Gasteiger partial charge on any atom is -0.205 e. The van der Waals surface area contributed by atoms with E-state index in [-0.39, 0.29) is 5.02 Å². The first-order chi connectivity index (χ1) is 11.5. The summed E-state index contributed by atoms with van der Waals surface area (Å²) in [5.74, 6) is 2.97. The van der Waals surface area contributed by atoms with Gasteiger partial charge in [-0.25, -0.2) is 8.78 Å². The van der Waals surface area contributed by atoms with Crippen LogP contribution in [-0.2, 0) is 12.8 Å². The maximum Gasteiger partial charge on any atom is 0.148 e. The Kier molecular flexibility index (Phi) is 4.62. The molecule has 3 aliphatic carbocycles. The SMILES string of the molecule is CC1CCC2CC(C3CCc4c(cc(F)c(Cl)c4F)C3)CCC2C1. The molecule has 0 saturated heterocycles. The Morgan fingerprint density at radius 2 is 1.58 bits per heavy atom. The van der Waals surface area contributed by atoms with E-state index in [1.807, 2.05) is 0 Å². The highest BCUT2D eigenvalue weighted by Gasteiger charge is 2.38. The van der Waals surface area contributed by atoms with Crippen molar-refractivity contribution < 1.29 is 8.78 Å². The van der Waals surface area contributed by atoms with Crippen molar-refractivity contribution in [2.75, 3.05) is 0 Å². The van der Waals surface area contributed by atoms with E-state index in [1.54, 1.807) is 0 Å². The molecular formula is C21H27ClF2. The van der Waals surface area contributed by atoms with Crippen LogP contribution in [0.15, 0.2) is 6.07 Å². The molecule has 3 heteroatoms. The molecule has 0 aromatic heterocycles. The van der Waals surface area contributed by atoms with Crippen molar-refractivity contribution >= 4 is 11.6 Å². The lowest BCUT2D eigenvalue weighted by atomic mass is 9.61. The molecule has 132 valence electrons. The van der Waals surface area contributed by atoms with Gasteiger partial charge >= 0.3 is 0 Å². The molecule has 0 spiro atoms. The van der Waals surface area contributed by atoms with Crippen LogP contribution in [0.3, 0.4) is 0 Å². The van der Waals surface area contributed by atoms with E-state index in [0.29, 0.717) is 17.9 Å². The van der Waals surface area contributed by atoms with E-state index in [2.05, 4.69) is 6.92 Å². The van der Waals surface area contributed by atoms with Crippen molar-refractivity contribution in [1.29, 1.82) is 0 Å². The standard InChI is InChI=1S/C21H27ClF2/c1-12-2-3-14-9-15(5-4-13(14)8-12)16-6-7-18-17(10-16)11-19(23)20(22)21(18)24/h11-16H,2-10H2,1H3. The van der Waals surface area contributed by atoms with Gasteiger partial charge in [0, 0.05) is 0 Å². The first-order valence-corrected chi connectivity index (χ1v) is 10.1. The van der Waals surface area contributed by atoms with Crippen molar-refractivity contribution in [3.8, 4) is 0 Å². The van der Waals surface area contributed by atoms with E-state index in [4.69, 9.17) is 11.6 Å². The Bertz CT molecular complexity index is 627. The molecule has 0 radical (unpaired) electrons. The summed E-state index contributed by atoms with van der Waals surface area (Å²) in [6, 6.07) is 1.49. The molecule has 1 aromatic carbocycles. The Hall–Kier alpha value is -0.630. The second-order valence-corrected chi connectivity index (χ2v) is 9.02. The van der Waals surface area contributed by atoms with Crippen LogP contribution >= 0.6 is 11.6 Å². The molecule has 1 aromatic rings. The molecule has 0 bridgehead atoms. The van der Waals surface area contributed by atoms with Gasteiger partial charge in [-0.1, -0.05) is 24.9 Å². The third kappa shape index (κ3) is 3.00. The molecule has 0 nitrogen and oxygen atoms in total. The average Bonchev–Trinajstić information content (AvgIpc) is 2.59. The Morgan fingerprint density at radius 3 is 2.38 bits per heavy atom. The molecule has 0 aliphatic heterocycles. The summed E-state index contributed by atoms with van der Waals surface area (Å²) in [5.41, 5.74) is 1.53. The summed E-state index contributed by atoms with van der Waals surface area (Å²) in [6.45, 7) is 2.40. The van der Waals surface area contributed by atoms with Crippen LogP contribution in [0.4, 0.5) is 8.78 Å². The van der Waals surface area contributed by atoms with Crippen LogP contribution < -0.4 is 0 Å². The molecule has 3 aliphatic rings. The number of rotatable bonds is 1. The maximum atomic E-state index is 14.2. The molecule has 2 fully saturated rings. The van der Waals surface area contributed by atoms with E-state index in [0.717, 1.165) is 42.1 Å². The molecule has 4 rings (SSSR count). The predicted molar refractivity (Wildman–Crippen MR) is 94.2 cm³/mol. The third-order valence-electron chi connectivity index (χ3n) is 7.19. The fraction of sp³-hybridized carbons (Fsp3) is 0.714. The number of hydrogen-bond donors (Lipinski definition) is 0. The second kappa shape index (κ2) is 6.59. The molecule has 0 heterocycles. The van der Waals surface area contributed by atoms with Crippen LogP contribution in [0.5, 0.6) is 0 Å². The van der Waals surface area contributed by atoms with Crippen LogP contribution in [-0.4, -0.2) is 0 Å². The summed E-state index contributed by atoms with van der Waals surface area (Å²) >= 11 is 5.74. The highest BCUT2D eigenvalue weighted by atomic mass is 35.5. The first kappa shape index (κ1) is 16.8. The van der Waals surface area contributed by atoms with Crippen molar-refractivity contribution in [2.45, 2.75) is 64.7 Å². The molecular weight excluding hydrogens is 326 g/mol. The fourth-order valence-corrected chi connectivity index (χ4v) is 6.01. The van der Waals surface area contributed by atoms with E-state index in [9.17, 15) is 8.78 Å². The average molecular weight is 353 g/mol. The number of fused-ring (bicyclic) bond motifs is 2. The quantitative estimate of drug-likeness (QED) is 0.501. The molecule has 5 unspecified atom stereocenters. The second-order valence-electron chi connectivity index (χ2n) is 8.64. The normalized spacial score (nSPS) is 36.1. The lowest BCUT2D eigenvalue weighted by Gasteiger charge is -2.44. The Morgan fingerprint density at radius 1 is 0.917 bits per heavy atom. The lowest BCUT2D eigenvalue weighted by Crippen LogP contribution is -2.34. The first-order valence-electron chi connectivity index (χ1n) is 9.68. The van der Waals surface area contributed by atoms with Gasteiger partial charge < -0.3 is 0 Å². The topological polar surface area (TPSA) is 0 Å². The largest absolute Gasteiger partial charge is 0.205 e. The lowest BCUT2D eigenvalue weighted by molar-refractivity contribution is 0.0755. The van der Waals surface area contributed by atoms with Crippen molar-refractivity contribution in [1.82, 2.24) is 0 Å². The van der Waals surface area contributed by atoms with Gasteiger partial charge in [0.1, 0.15) is 16.7 Å². The number of halogens is 3. The predicted octanol–water partition coefficient (Wildman–Crippen LogP) is 6.58. The Labute approximate surface area is 149 Å². The van der Waals surface area contributed by atoms with Gasteiger partial charge in [0.05, 0.1) is 0 Å². The molecule has 5 atom stereocenters. The van der Waals surface area contributed by atoms with Crippen molar-refractivity contribution in [3.05, 3.63) is 33.9 Å². The summed E-state index contributed by atoms with van der Waals surface area (Å²) in [5, 5.41) is -0.330. The molecule has 2 saturated carbocycles. The maximum absolute atomic E-state index is 14.2. The fourth-order valence-electron chi connectivity index (χ4n) is 5.84. The minimum absolute atomic E-state index is 0.330. The van der Waals surface area contributed by atoms with E-state index < -0.39 is 11.6 Å². The number of hydrogen-bond acceptors (Lipinski definition) is 0. The zero-order valence-corrected chi connectivity index (χ0v) is 15.2. The van der Waals surface area contributed by atoms with Gasteiger partial charge in [-0.05, 0) is 98.1 Å². The third-order valence-corrected chi connectivity index (χ3v) is 7.53. The summed E-state index contributed by atoms with van der Waals surface area (Å²) in [6.07, 6.45) is 10.8. The van der Waals surface area contributed by atoms with Crippen LogP contribution in [0.25, 0.3) is 0 Å². The van der Waals surface area contributed by atoms with Gasteiger partial charge in [-0.2, -0.15) is 0 Å². The Balaban J connectivity index is 1.47. The minimum atomic E-state index is -0.599. The van der Waals surface area contributed by atoms with Gasteiger partial charge in [-0.3, -0.25) is 0 Å². The highest BCUT2D eigenvalue weighted by molar-refractivity contribution is 6.31. The van der Waals surface area contributed by atoms with Gasteiger partial charge in [0.2, 0.25) is 0 Å². The number of benzene rings is 1. The van der Waals surface area contributed by atoms with E-state index >= 15 is 0 Å².